The quantitative estimate of drug-likeness (QED) is 0.494. The molecule has 0 atom stereocenters. The van der Waals surface area contributed by atoms with E-state index < -0.39 is 0 Å². The van der Waals surface area contributed by atoms with Crippen molar-refractivity contribution < 1.29 is 51.0 Å². The molecule has 0 saturated heterocycles. The Morgan fingerprint density at radius 1 is 1.21 bits per heavy atom. The van der Waals surface area contributed by atoms with Gasteiger partial charge in [-0.2, -0.15) is 23.3 Å². The van der Waals surface area contributed by atoms with Gasteiger partial charge < -0.3 is 24.8 Å². The van der Waals surface area contributed by atoms with Gasteiger partial charge in [-0.05, 0) is 0 Å². The van der Waals surface area contributed by atoms with Gasteiger partial charge >= 0.3 is 26.2 Å². The smallest absolute Gasteiger partial charge is 1.00 e. The first-order valence-corrected chi connectivity index (χ1v) is 4.30. The Morgan fingerprint density at radius 2 is 1.71 bits per heavy atom. The summed E-state index contributed by atoms with van der Waals surface area (Å²) in [6.45, 7) is 8.95. The van der Waals surface area contributed by atoms with Gasteiger partial charge in [-0.3, -0.25) is 0 Å². The van der Waals surface area contributed by atoms with Gasteiger partial charge in [-0.1, -0.05) is 39.5 Å². The van der Waals surface area contributed by atoms with E-state index in [1.165, 1.54) is 11.1 Å². The zero-order valence-electron chi connectivity index (χ0n) is 9.20. The molecule has 0 heterocycles. The second-order valence-electron chi connectivity index (χ2n) is 4.11. The van der Waals surface area contributed by atoms with Gasteiger partial charge in [-0.25, -0.2) is 6.07 Å². The molecule has 0 amide bonds. The standard InChI is InChI=1S/C11H17.2ClH.Zr/c1-5-9-6-7-10(8-9)11(2,3)4;;;/h6-8H,5H2,1-4H3;2*1H;/q-1;;;+3/p-2. The first-order chi connectivity index (χ1) is 5.04. The average Bonchev–Trinajstić information content (AvgIpc) is 2.32. The minimum absolute atomic E-state index is 0. The largest absolute Gasteiger partial charge is 3.00 e. The molecule has 14 heavy (non-hydrogen) atoms. The summed E-state index contributed by atoms with van der Waals surface area (Å²) in [5.74, 6) is 0. The van der Waals surface area contributed by atoms with Crippen molar-refractivity contribution in [3.63, 3.8) is 0 Å². The Morgan fingerprint density at radius 3 is 1.93 bits per heavy atom. The van der Waals surface area contributed by atoms with Gasteiger partial charge in [0.1, 0.15) is 0 Å². The van der Waals surface area contributed by atoms with Gasteiger partial charge in [0, 0.05) is 0 Å². The van der Waals surface area contributed by atoms with Crippen molar-refractivity contribution >= 4 is 0 Å². The van der Waals surface area contributed by atoms with Crippen LogP contribution in [-0.4, -0.2) is 0 Å². The van der Waals surface area contributed by atoms with Crippen LogP contribution in [0.1, 0.15) is 38.8 Å². The Hall–Kier alpha value is 0.813. The minimum Gasteiger partial charge on any atom is -1.00 e. The van der Waals surface area contributed by atoms with Crippen LogP contribution in [0.15, 0.2) is 18.2 Å². The van der Waals surface area contributed by atoms with Crippen LogP contribution >= 0.6 is 0 Å². The summed E-state index contributed by atoms with van der Waals surface area (Å²) >= 11 is 0. The Balaban J connectivity index is -0.000000403. The minimum atomic E-state index is 0. The van der Waals surface area contributed by atoms with E-state index in [2.05, 4.69) is 45.9 Å². The van der Waals surface area contributed by atoms with E-state index in [-0.39, 0.29) is 51.0 Å². The Labute approximate surface area is 119 Å². The molecule has 0 spiro atoms. The maximum absolute atomic E-state index is 2.31. The summed E-state index contributed by atoms with van der Waals surface area (Å²) in [6, 6.07) is 6.76. The van der Waals surface area contributed by atoms with Gasteiger partial charge in [0.2, 0.25) is 0 Å². The van der Waals surface area contributed by atoms with Crippen LogP contribution in [0.2, 0.25) is 0 Å². The first kappa shape index (κ1) is 20.3. The van der Waals surface area contributed by atoms with Crippen molar-refractivity contribution in [2.75, 3.05) is 0 Å². The predicted molar refractivity (Wildman–Crippen MR) is 50.1 cm³/mol. The van der Waals surface area contributed by atoms with Crippen LogP contribution < -0.4 is 24.8 Å². The third kappa shape index (κ3) is 5.64. The number of halogens is 2. The molecule has 1 aromatic rings. The Kier molecular flexibility index (Phi) is 11.6. The molecular formula is C11H17Cl2Zr. The molecule has 0 unspecified atom stereocenters. The number of hydrogen-bond donors (Lipinski definition) is 0. The topological polar surface area (TPSA) is 0 Å². The summed E-state index contributed by atoms with van der Waals surface area (Å²) in [5.41, 5.74) is 3.22. The molecule has 1 aromatic carbocycles. The summed E-state index contributed by atoms with van der Waals surface area (Å²) in [6.07, 6.45) is 1.15. The summed E-state index contributed by atoms with van der Waals surface area (Å²) in [5, 5.41) is 0. The Bertz CT molecular complexity index is 236. The van der Waals surface area contributed by atoms with E-state index in [0.29, 0.717) is 5.41 Å². The third-order valence-corrected chi connectivity index (χ3v) is 2.09. The zero-order valence-corrected chi connectivity index (χ0v) is 13.2. The molecule has 0 saturated carbocycles. The van der Waals surface area contributed by atoms with Gasteiger partial charge in [-0.15, -0.1) is 0 Å². The van der Waals surface area contributed by atoms with Crippen LogP contribution in [0.5, 0.6) is 0 Å². The van der Waals surface area contributed by atoms with E-state index in [0.717, 1.165) is 6.42 Å². The van der Waals surface area contributed by atoms with E-state index in [4.69, 9.17) is 0 Å². The van der Waals surface area contributed by atoms with Crippen molar-refractivity contribution in [3.8, 4) is 0 Å². The van der Waals surface area contributed by atoms with Crippen molar-refractivity contribution in [1.82, 2.24) is 0 Å². The molecule has 3 heteroatoms. The third-order valence-electron chi connectivity index (χ3n) is 2.09. The van der Waals surface area contributed by atoms with Crippen molar-refractivity contribution in [1.29, 1.82) is 0 Å². The van der Waals surface area contributed by atoms with Crippen LogP contribution in [0, 0.1) is 0 Å². The molecule has 0 fully saturated rings. The normalized spacial score (nSPS) is 9.43. The van der Waals surface area contributed by atoms with Crippen LogP contribution in [0.3, 0.4) is 0 Å². The SMILES string of the molecule is CCc1cc(C(C)(C)C)c[cH-]1.[Cl-].[Cl-].[Zr+3]. The van der Waals surface area contributed by atoms with E-state index >= 15 is 0 Å². The van der Waals surface area contributed by atoms with Crippen molar-refractivity contribution in [2.24, 2.45) is 0 Å². The van der Waals surface area contributed by atoms with Gasteiger partial charge in [0.15, 0.2) is 0 Å². The number of hydrogen-bond acceptors (Lipinski definition) is 0. The molecular weight excluding hydrogens is 294 g/mol. The van der Waals surface area contributed by atoms with Crippen LogP contribution in [-0.2, 0) is 38.0 Å². The molecule has 0 bridgehead atoms. The monoisotopic (exact) mass is 309 g/mol. The summed E-state index contributed by atoms with van der Waals surface area (Å²) in [7, 11) is 0. The molecule has 1 radical (unpaired) electrons. The summed E-state index contributed by atoms with van der Waals surface area (Å²) in [4.78, 5) is 0. The predicted octanol–water partition coefficient (Wildman–Crippen LogP) is -2.73. The second kappa shape index (κ2) is 8.02. The molecule has 1 rings (SSSR count). The van der Waals surface area contributed by atoms with Gasteiger partial charge in [0.25, 0.3) is 0 Å². The molecule has 0 aliphatic carbocycles. The fourth-order valence-electron chi connectivity index (χ4n) is 1.18. The number of rotatable bonds is 1. The molecule has 0 aliphatic rings. The molecule has 0 aromatic heterocycles. The second-order valence-corrected chi connectivity index (χ2v) is 4.11. The van der Waals surface area contributed by atoms with E-state index in [9.17, 15) is 0 Å². The molecule has 79 valence electrons. The zero-order chi connectivity index (χ0) is 8.48. The van der Waals surface area contributed by atoms with E-state index in [1.807, 2.05) is 0 Å². The van der Waals surface area contributed by atoms with Crippen LogP contribution in [0.25, 0.3) is 0 Å². The molecule has 0 nitrogen and oxygen atoms in total. The maximum atomic E-state index is 2.31. The molecule has 0 aliphatic heterocycles. The fourth-order valence-corrected chi connectivity index (χ4v) is 1.18. The average molecular weight is 311 g/mol. The number of aryl methyl sites for hydroxylation is 1. The van der Waals surface area contributed by atoms with Gasteiger partial charge in [0.05, 0.1) is 0 Å². The van der Waals surface area contributed by atoms with Crippen molar-refractivity contribution in [2.45, 2.75) is 39.5 Å². The molecule has 0 N–H and O–H groups in total. The van der Waals surface area contributed by atoms with E-state index in [1.54, 1.807) is 0 Å². The summed E-state index contributed by atoms with van der Waals surface area (Å²) < 4.78 is 0. The first-order valence-electron chi connectivity index (χ1n) is 4.30. The maximum Gasteiger partial charge on any atom is 3.00 e. The van der Waals surface area contributed by atoms with Crippen LogP contribution in [0.4, 0.5) is 0 Å². The van der Waals surface area contributed by atoms with Crippen molar-refractivity contribution in [3.05, 3.63) is 29.3 Å². The fraction of sp³-hybridized carbons (Fsp3) is 0.545.